The van der Waals surface area contributed by atoms with Gasteiger partial charge in [0.1, 0.15) is 12.2 Å². The molecule has 0 saturated carbocycles. The second-order valence-electron chi connectivity index (χ2n) is 4.95. The van der Waals surface area contributed by atoms with Crippen LogP contribution in [0.4, 0.5) is 0 Å². The van der Waals surface area contributed by atoms with Crippen LogP contribution in [0.2, 0.25) is 0 Å². The molecule has 0 aliphatic heterocycles. The number of hydrogen-bond donors (Lipinski definition) is 2. The monoisotopic (exact) mass is 408 g/mol. The van der Waals surface area contributed by atoms with Crippen LogP contribution in [0.1, 0.15) is 6.42 Å². The fourth-order valence-electron chi connectivity index (χ4n) is 2.29. The molecule has 0 aromatic carbocycles. The molecule has 0 aromatic heterocycles. The lowest BCUT2D eigenvalue weighted by atomic mass is 9.82. The fourth-order valence-corrected chi connectivity index (χ4v) is 4.86. The maximum absolute atomic E-state index is 10.2. The Morgan fingerprint density at radius 1 is 0.810 bits per heavy atom. The molecule has 8 heteroatoms. The molecule has 4 unspecified atom stereocenters. The minimum atomic E-state index is -1.40. The molecule has 0 fully saturated rings. The maximum atomic E-state index is 10.2. The summed E-state index contributed by atoms with van der Waals surface area (Å²) in [5, 5.41) is 21.1. The molecule has 0 saturated heterocycles. The molecular weight excluding hydrogens is 401 g/mol. The lowest BCUT2D eigenvalue weighted by Crippen LogP contribution is -2.48. The van der Waals surface area contributed by atoms with E-state index in [1.807, 2.05) is 0 Å². The summed E-state index contributed by atoms with van der Waals surface area (Å²) in [5.41, 5.74) is 0. The van der Waals surface area contributed by atoms with E-state index in [4.69, 9.17) is 69.6 Å². The van der Waals surface area contributed by atoms with Gasteiger partial charge in [-0.25, -0.2) is 0 Å². The number of alkyl halides is 2. The van der Waals surface area contributed by atoms with Gasteiger partial charge in [-0.05, 0) is 30.7 Å². The first kappa shape index (κ1) is 18.0. The summed E-state index contributed by atoms with van der Waals surface area (Å²) in [5.74, 6) is 0. The van der Waals surface area contributed by atoms with Gasteiger partial charge in [0.2, 0.25) is 0 Å². The number of hydrogen-bond acceptors (Lipinski definition) is 2. The van der Waals surface area contributed by atoms with Gasteiger partial charge in [0.15, 0.2) is 0 Å². The van der Waals surface area contributed by atoms with Crippen LogP contribution in [0, 0.1) is 0 Å². The molecule has 0 radical (unpaired) electrons. The van der Waals surface area contributed by atoms with E-state index in [2.05, 4.69) is 0 Å². The first-order chi connectivity index (χ1) is 9.57. The summed E-state index contributed by atoms with van der Waals surface area (Å²) < 4.78 is 0. The number of halogens is 6. The molecule has 2 aliphatic rings. The van der Waals surface area contributed by atoms with Crippen molar-refractivity contribution in [1.82, 2.24) is 0 Å². The molecule has 4 atom stereocenters. The third-order valence-corrected chi connectivity index (χ3v) is 5.25. The van der Waals surface area contributed by atoms with Gasteiger partial charge in [-0.2, -0.15) is 0 Å². The molecule has 0 spiro atoms. The van der Waals surface area contributed by atoms with E-state index in [-0.39, 0.29) is 26.5 Å². The molecule has 0 bridgehead atoms. The zero-order valence-corrected chi connectivity index (χ0v) is 14.9. The summed E-state index contributed by atoms with van der Waals surface area (Å²) >= 11 is 36.6. The standard InChI is InChI=1S/C13H10Cl6O2/c14-6-1-8(16)10(20)12(18,3-6)5-13(19)4-7(15)2-9(17)11(13)21/h1-4,10-11,20-21H,5H2. The second kappa shape index (κ2) is 6.26. The van der Waals surface area contributed by atoms with Crippen molar-refractivity contribution in [2.75, 3.05) is 0 Å². The number of aliphatic hydroxyl groups is 2. The molecular formula is C13H10Cl6O2. The van der Waals surface area contributed by atoms with E-state index in [1.54, 1.807) is 0 Å². The smallest absolute Gasteiger partial charge is 0.112 e. The topological polar surface area (TPSA) is 40.5 Å². The Morgan fingerprint density at radius 3 is 1.48 bits per heavy atom. The minimum Gasteiger partial charge on any atom is -0.385 e. The quantitative estimate of drug-likeness (QED) is 0.654. The molecule has 2 nitrogen and oxygen atoms in total. The van der Waals surface area contributed by atoms with Crippen LogP contribution in [0.15, 0.2) is 44.4 Å². The molecule has 21 heavy (non-hydrogen) atoms. The van der Waals surface area contributed by atoms with Gasteiger partial charge < -0.3 is 10.2 Å². The minimum absolute atomic E-state index is 0.0831. The van der Waals surface area contributed by atoms with Crippen molar-refractivity contribution in [2.24, 2.45) is 0 Å². The summed E-state index contributed by atoms with van der Waals surface area (Å²) in [6.45, 7) is 0. The zero-order valence-electron chi connectivity index (χ0n) is 10.3. The van der Waals surface area contributed by atoms with Crippen LogP contribution in [0.3, 0.4) is 0 Å². The Kier molecular flexibility index (Phi) is 5.35. The molecule has 2 N–H and O–H groups in total. The highest BCUT2D eigenvalue weighted by molar-refractivity contribution is 6.39. The Bertz CT molecular complexity index is 531. The Balaban J connectivity index is 2.37. The van der Waals surface area contributed by atoms with E-state index in [0.29, 0.717) is 0 Å². The van der Waals surface area contributed by atoms with E-state index in [0.717, 1.165) is 0 Å². The molecule has 2 aliphatic carbocycles. The number of aliphatic hydroxyl groups excluding tert-OH is 2. The van der Waals surface area contributed by atoms with Crippen LogP contribution in [-0.2, 0) is 0 Å². The fraction of sp³-hybridized carbons (Fsp3) is 0.385. The normalized spacial score (nSPS) is 40.2. The van der Waals surface area contributed by atoms with Crippen molar-refractivity contribution in [2.45, 2.75) is 28.4 Å². The van der Waals surface area contributed by atoms with Crippen molar-refractivity contribution < 1.29 is 10.2 Å². The third kappa shape index (κ3) is 3.59. The first-order valence-electron chi connectivity index (χ1n) is 5.82. The summed E-state index contributed by atoms with van der Waals surface area (Å²) in [6, 6.07) is 0. The van der Waals surface area contributed by atoms with Crippen molar-refractivity contribution in [3.8, 4) is 0 Å². The van der Waals surface area contributed by atoms with Crippen molar-refractivity contribution >= 4 is 69.6 Å². The van der Waals surface area contributed by atoms with Gasteiger partial charge in [-0.1, -0.05) is 46.4 Å². The molecule has 0 amide bonds. The van der Waals surface area contributed by atoms with E-state index >= 15 is 0 Å². The summed E-state index contributed by atoms with van der Waals surface area (Å²) in [7, 11) is 0. The largest absolute Gasteiger partial charge is 0.385 e. The van der Waals surface area contributed by atoms with Crippen LogP contribution < -0.4 is 0 Å². The third-order valence-electron chi connectivity index (χ3n) is 3.28. The van der Waals surface area contributed by atoms with Gasteiger partial charge in [-0.15, -0.1) is 23.2 Å². The van der Waals surface area contributed by atoms with Gasteiger partial charge in [0.25, 0.3) is 0 Å². The van der Waals surface area contributed by atoms with Gasteiger partial charge in [-0.3, -0.25) is 0 Å². The van der Waals surface area contributed by atoms with Crippen LogP contribution >= 0.6 is 69.6 Å². The highest BCUT2D eigenvalue weighted by Crippen LogP contribution is 2.47. The van der Waals surface area contributed by atoms with E-state index < -0.39 is 22.0 Å². The van der Waals surface area contributed by atoms with Crippen LogP contribution in [0.5, 0.6) is 0 Å². The molecule has 116 valence electrons. The van der Waals surface area contributed by atoms with Crippen molar-refractivity contribution in [3.05, 3.63) is 44.4 Å². The predicted molar refractivity (Wildman–Crippen MR) is 89.5 cm³/mol. The highest BCUT2D eigenvalue weighted by atomic mass is 35.5. The Labute approximate surface area is 152 Å². The zero-order chi connectivity index (χ0) is 16.0. The van der Waals surface area contributed by atoms with Crippen LogP contribution in [0.25, 0.3) is 0 Å². The van der Waals surface area contributed by atoms with Crippen LogP contribution in [-0.4, -0.2) is 32.2 Å². The van der Waals surface area contributed by atoms with Crippen molar-refractivity contribution in [1.29, 1.82) is 0 Å². The van der Waals surface area contributed by atoms with Crippen molar-refractivity contribution in [3.63, 3.8) is 0 Å². The number of allylic oxidation sites excluding steroid dienone is 4. The molecule has 0 heterocycles. The van der Waals surface area contributed by atoms with E-state index in [1.165, 1.54) is 24.3 Å². The highest BCUT2D eigenvalue weighted by Gasteiger charge is 2.49. The molecule has 2 rings (SSSR count). The summed E-state index contributed by atoms with van der Waals surface area (Å²) in [4.78, 5) is -2.79. The van der Waals surface area contributed by atoms with Gasteiger partial charge >= 0.3 is 0 Å². The maximum Gasteiger partial charge on any atom is 0.112 e. The Hall–Kier alpha value is 0.620. The predicted octanol–water partition coefficient (Wildman–Crippen LogP) is 4.57. The number of rotatable bonds is 2. The lowest BCUT2D eigenvalue weighted by Gasteiger charge is -2.40. The second-order valence-corrected chi connectivity index (χ2v) is 8.11. The average molecular weight is 411 g/mol. The summed E-state index contributed by atoms with van der Waals surface area (Å²) in [6.07, 6.45) is 3.11. The van der Waals surface area contributed by atoms with Gasteiger partial charge in [0, 0.05) is 10.1 Å². The average Bonchev–Trinajstić information content (AvgIpc) is 2.32. The lowest BCUT2D eigenvalue weighted by molar-refractivity contribution is 0.140. The Morgan fingerprint density at radius 2 is 1.14 bits per heavy atom. The van der Waals surface area contributed by atoms with Gasteiger partial charge in [0.05, 0.1) is 19.8 Å². The SMILES string of the molecule is OC1C(Cl)=CC(Cl)=CC1(Cl)CC1(Cl)C=C(Cl)C=C(Cl)C1O. The van der Waals surface area contributed by atoms with E-state index in [9.17, 15) is 10.2 Å². The first-order valence-corrected chi connectivity index (χ1v) is 8.09. The molecule has 0 aromatic rings.